The van der Waals surface area contributed by atoms with Crippen LogP contribution < -0.4 is 0 Å². The van der Waals surface area contributed by atoms with Crippen LogP contribution in [-0.4, -0.2) is 31.1 Å². The SMILES string of the molecule is O=C(O)c1ncc(-c2cc3cccc(O)c3[nH]2)[nH]1. The van der Waals surface area contributed by atoms with Crippen LogP contribution in [-0.2, 0) is 0 Å². The summed E-state index contributed by atoms with van der Waals surface area (Å²) < 4.78 is 0. The minimum atomic E-state index is -1.11. The highest BCUT2D eigenvalue weighted by Gasteiger charge is 2.11. The quantitative estimate of drug-likeness (QED) is 0.552. The summed E-state index contributed by atoms with van der Waals surface area (Å²) >= 11 is 0. The molecule has 1 aromatic carbocycles. The topological polar surface area (TPSA) is 102 Å². The van der Waals surface area contributed by atoms with Crippen molar-refractivity contribution in [2.45, 2.75) is 0 Å². The summed E-state index contributed by atoms with van der Waals surface area (Å²) in [5.41, 5.74) is 1.84. The second-order valence-corrected chi connectivity index (χ2v) is 3.88. The Kier molecular flexibility index (Phi) is 2.09. The van der Waals surface area contributed by atoms with Crippen molar-refractivity contribution in [1.29, 1.82) is 0 Å². The molecular formula is C12H9N3O3. The first-order valence-corrected chi connectivity index (χ1v) is 5.24. The zero-order chi connectivity index (χ0) is 12.7. The van der Waals surface area contributed by atoms with E-state index >= 15 is 0 Å². The van der Waals surface area contributed by atoms with Gasteiger partial charge < -0.3 is 20.2 Å². The fourth-order valence-corrected chi connectivity index (χ4v) is 1.85. The Labute approximate surface area is 101 Å². The van der Waals surface area contributed by atoms with Gasteiger partial charge in [0.25, 0.3) is 0 Å². The molecule has 3 aromatic rings. The van der Waals surface area contributed by atoms with Crippen molar-refractivity contribution in [3.05, 3.63) is 36.3 Å². The Morgan fingerprint density at radius 2 is 2.06 bits per heavy atom. The maximum absolute atomic E-state index is 10.7. The molecule has 18 heavy (non-hydrogen) atoms. The van der Waals surface area contributed by atoms with Gasteiger partial charge in [0.05, 0.1) is 23.1 Å². The molecule has 0 saturated carbocycles. The van der Waals surface area contributed by atoms with Gasteiger partial charge in [-0.05, 0) is 12.1 Å². The summed E-state index contributed by atoms with van der Waals surface area (Å²) in [6.45, 7) is 0. The Morgan fingerprint density at radius 1 is 1.22 bits per heavy atom. The fraction of sp³-hybridized carbons (Fsp3) is 0. The van der Waals surface area contributed by atoms with E-state index < -0.39 is 5.97 Å². The average Bonchev–Trinajstić information content (AvgIpc) is 2.95. The molecule has 3 rings (SSSR count). The predicted molar refractivity (Wildman–Crippen MR) is 64.5 cm³/mol. The lowest BCUT2D eigenvalue weighted by Crippen LogP contribution is -1.98. The molecule has 0 saturated heterocycles. The number of H-pyrrole nitrogens is 2. The van der Waals surface area contributed by atoms with Crippen LogP contribution in [0.2, 0.25) is 0 Å². The Balaban J connectivity index is 2.13. The van der Waals surface area contributed by atoms with Gasteiger partial charge in [0, 0.05) is 5.39 Å². The van der Waals surface area contributed by atoms with E-state index in [0.29, 0.717) is 16.9 Å². The largest absolute Gasteiger partial charge is 0.506 e. The molecular weight excluding hydrogens is 234 g/mol. The average molecular weight is 243 g/mol. The molecule has 0 bridgehead atoms. The molecule has 0 aliphatic rings. The van der Waals surface area contributed by atoms with E-state index in [0.717, 1.165) is 5.39 Å². The van der Waals surface area contributed by atoms with Crippen LogP contribution in [0.15, 0.2) is 30.5 Å². The van der Waals surface area contributed by atoms with E-state index in [-0.39, 0.29) is 11.6 Å². The number of benzene rings is 1. The molecule has 2 heterocycles. The highest BCUT2D eigenvalue weighted by Crippen LogP contribution is 2.28. The number of aromatic hydroxyl groups is 1. The van der Waals surface area contributed by atoms with E-state index in [1.807, 2.05) is 12.1 Å². The molecule has 6 nitrogen and oxygen atoms in total. The molecule has 90 valence electrons. The number of carboxylic acid groups (broad SMARTS) is 1. The number of phenols is 1. The molecule has 2 aromatic heterocycles. The lowest BCUT2D eigenvalue weighted by atomic mass is 10.2. The van der Waals surface area contributed by atoms with Crippen LogP contribution in [0.5, 0.6) is 5.75 Å². The zero-order valence-electron chi connectivity index (χ0n) is 9.14. The van der Waals surface area contributed by atoms with E-state index in [1.54, 1.807) is 12.1 Å². The van der Waals surface area contributed by atoms with Crippen LogP contribution in [0, 0.1) is 0 Å². The number of carboxylic acids is 1. The van der Waals surface area contributed by atoms with Crippen LogP contribution in [0.4, 0.5) is 0 Å². The van der Waals surface area contributed by atoms with Gasteiger partial charge in [-0.3, -0.25) is 0 Å². The van der Waals surface area contributed by atoms with E-state index in [4.69, 9.17) is 5.11 Å². The summed E-state index contributed by atoms with van der Waals surface area (Å²) in [6.07, 6.45) is 1.44. The smallest absolute Gasteiger partial charge is 0.371 e. The third kappa shape index (κ3) is 1.51. The predicted octanol–water partition coefficient (Wildman–Crippen LogP) is 1.96. The zero-order valence-corrected chi connectivity index (χ0v) is 9.14. The van der Waals surface area contributed by atoms with Gasteiger partial charge in [0.15, 0.2) is 0 Å². The number of imidazole rings is 1. The van der Waals surface area contributed by atoms with E-state index in [9.17, 15) is 9.90 Å². The molecule has 0 radical (unpaired) electrons. The van der Waals surface area contributed by atoms with Gasteiger partial charge in [-0.25, -0.2) is 9.78 Å². The first-order valence-electron chi connectivity index (χ1n) is 5.24. The molecule has 0 fully saturated rings. The van der Waals surface area contributed by atoms with Gasteiger partial charge in [0.2, 0.25) is 5.82 Å². The number of nitrogens with one attached hydrogen (secondary N) is 2. The summed E-state index contributed by atoms with van der Waals surface area (Å²) in [4.78, 5) is 20.2. The molecule has 0 unspecified atom stereocenters. The van der Waals surface area contributed by atoms with Crippen LogP contribution in [0.1, 0.15) is 10.6 Å². The minimum Gasteiger partial charge on any atom is -0.506 e. The first-order chi connectivity index (χ1) is 8.65. The number of aromatic amines is 2. The van der Waals surface area contributed by atoms with Gasteiger partial charge >= 0.3 is 5.97 Å². The second-order valence-electron chi connectivity index (χ2n) is 3.88. The Morgan fingerprint density at radius 3 is 2.72 bits per heavy atom. The number of carbonyl (C=O) groups is 1. The number of aromatic nitrogens is 3. The number of fused-ring (bicyclic) bond motifs is 1. The van der Waals surface area contributed by atoms with Crippen molar-refractivity contribution in [3.63, 3.8) is 0 Å². The van der Waals surface area contributed by atoms with Crippen molar-refractivity contribution in [2.75, 3.05) is 0 Å². The normalized spacial score (nSPS) is 10.9. The van der Waals surface area contributed by atoms with Crippen LogP contribution in [0.3, 0.4) is 0 Å². The van der Waals surface area contributed by atoms with Gasteiger partial charge in [-0.15, -0.1) is 0 Å². The Bertz CT molecular complexity index is 742. The van der Waals surface area contributed by atoms with Crippen molar-refractivity contribution in [2.24, 2.45) is 0 Å². The molecule has 0 aliphatic carbocycles. The third-order valence-electron chi connectivity index (χ3n) is 2.70. The molecule has 0 aliphatic heterocycles. The minimum absolute atomic E-state index is 0.118. The summed E-state index contributed by atoms with van der Waals surface area (Å²) in [5, 5.41) is 19.3. The standard InChI is InChI=1S/C12H9N3O3/c16-9-3-1-2-6-4-7(14-10(6)9)8-5-13-11(15-8)12(17)18/h1-5,14,16H,(H,13,15)(H,17,18). The molecule has 0 amide bonds. The third-order valence-corrected chi connectivity index (χ3v) is 2.70. The van der Waals surface area contributed by atoms with E-state index in [1.165, 1.54) is 6.20 Å². The van der Waals surface area contributed by atoms with E-state index in [2.05, 4.69) is 15.0 Å². The van der Waals surface area contributed by atoms with Crippen LogP contribution in [0.25, 0.3) is 22.3 Å². The van der Waals surface area contributed by atoms with Gasteiger partial charge in [0.1, 0.15) is 5.75 Å². The Hall–Kier alpha value is -2.76. The van der Waals surface area contributed by atoms with Crippen molar-refractivity contribution in [1.82, 2.24) is 15.0 Å². The summed E-state index contributed by atoms with van der Waals surface area (Å²) in [5.74, 6) is -1.08. The van der Waals surface area contributed by atoms with Gasteiger partial charge in [-0.2, -0.15) is 0 Å². The molecule has 0 spiro atoms. The molecule has 6 heteroatoms. The number of para-hydroxylation sites is 1. The number of aromatic carboxylic acids is 1. The summed E-state index contributed by atoms with van der Waals surface area (Å²) in [6, 6.07) is 6.99. The van der Waals surface area contributed by atoms with Crippen molar-refractivity contribution < 1.29 is 15.0 Å². The number of hydrogen-bond acceptors (Lipinski definition) is 3. The fourth-order valence-electron chi connectivity index (χ4n) is 1.85. The first kappa shape index (κ1) is 10.4. The number of hydrogen-bond donors (Lipinski definition) is 4. The molecule has 0 atom stereocenters. The number of rotatable bonds is 2. The van der Waals surface area contributed by atoms with Gasteiger partial charge in [-0.1, -0.05) is 12.1 Å². The lowest BCUT2D eigenvalue weighted by Gasteiger charge is -1.93. The number of nitrogens with zero attached hydrogens (tertiary/aromatic N) is 1. The highest BCUT2D eigenvalue weighted by molar-refractivity contribution is 5.90. The van der Waals surface area contributed by atoms with Crippen molar-refractivity contribution >= 4 is 16.9 Å². The number of phenolic OH excluding ortho intramolecular Hbond substituents is 1. The second kappa shape index (κ2) is 3.63. The highest BCUT2D eigenvalue weighted by atomic mass is 16.4. The monoisotopic (exact) mass is 243 g/mol. The maximum Gasteiger partial charge on any atom is 0.371 e. The lowest BCUT2D eigenvalue weighted by molar-refractivity contribution is 0.0685. The van der Waals surface area contributed by atoms with Crippen molar-refractivity contribution in [3.8, 4) is 17.1 Å². The summed E-state index contributed by atoms with van der Waals surface area (Å²) in [7, 11) is 0. The van der Waals surface area contributed by atoms with Crippen LogP contribution >= 0.6 is 0 Å². The molecule has 4 N–H and O–H groups in total. The maximum atomic E-state index is 10.7.